The van der Waals surface area contributed by atoms with E-state index in [-0.39, 0.29) is 6.42 Å². The lowest BCUT2D eigenvalue weighted by Gasteiger charge is -2.12. The SMILES string of the molecule is O=POC(C(=O)Cc1ccccn1)[P+](O)(O)O. The van der Waals surface area contributed by atoms with Gasteiger partial charge in [0.2, 0.25) is 5.78 Å². The monoisotopic (exact) mass is 278 g/mol. The van der Waals surface area contributed by atoms with Gasteiger partial charge in [-0.3, -0.25) is 9.78 Å². The van der Waals surface area contributed by atoms with E-state index in [0.717, 1.165) is 0 Å². The van der Waals surface area contributed by atoms with E-state index in [1.54, 1.807) is 18.2 Å². The van der Waals surface area contributed by atoms with Crippen LogP contribution in [0, 0.1) is 0 Å². The van der Waals surface area contributed by atoms with Crippen molar-refractivity contribution in [3.05, 3.63) is 30.1 Å². The maximum Gasteiger partial charge on any atom is 0.443 e. The third-order valence-corrected chi connectivity index (χ3v) is 3.30. The average Bonchev–Trinajstić information content (AvgIpc) is 2.25. The molecular weight excluding hydrogens is 268 g/mol. The van der Waals surface area contributed by atoms with Gasteiger partial charge in [0.15, 0.2) is 0 Å². The third kappa shape index (κ3) is 4.52. The predicted molar refractivity (Wildman–Crippen MR) is 59.0 cm³/mol. The number of hydrogen-bond donors (Lipinski definition) is 3. The average molecular weight is 278 g/mol. The van der Waals surface area contributed by atoms with Crippen LogP contribution in [0.5, 0.6) is 0 Å². The van der Waals surface area contributed by atoms with E-state index in [4.69, 9.17) is 14.7 Å². The maximum absolute atomic E-state index is 11.6. The summed E-state index contributed by atoms with van der Waals surface area (Å²) in [5.41, 5.74) is 0.377. The van der Waals surface area contributed by atoms with Crippen LogP contribution in [-0.4, -0.2) is 31.3 Å². The van der Waals surface area contributed by atoms with Gasteiger partial charge in [-0.05, 0) is 12.1 Å². The predicted octanol–water partition coefficient (Wildman–Crippen LogP) is 0.482. The van der Waals surface area contributed by atoms with Crippen molar-refractivity contribution in [2.24, 2.45) is 0 Å². The molecule has 17 heavy (non-hydrogen) atoms. The molecule has 92 valence electrons. The van der Waals surface area contributed by atoms with E-state index in [9.17, 15) is 9.36 Å². The zero-order valence-electron chi connectivity index (χ0n) is 8.50. The van der Waals surface area contributed by atoms with Gasteiger partial charge in [-0.2, -0.15) is 14.7 Å². The molecule has 1 aromatic heterocycles. The fourth-order valence-corrected chi connectivity index (χ4v) is 2.42. The molecule has 0 radical (unpaired) electrons. The van der Waals surface area contributed by atoms with Crippen molar-refractivity contribution in [1.29, 1.82) is 0 Å². The fourth-order valence-electron chi connectivity index (χ4n) is 1.12. The van der Waals surface area contributed by atoms with Gasteiger partial charge >= 0.3 is 22.5 Å². The smallest absolute Gasteiger partial charge is 0.292 e. The summed E-state index contributed by atoms with van der Waals surface area (Å²) >= 11 is 0. The molecule has 1 heterocycles. The minimum atomic E-state index is -4.54. The highest BCUT2D eigenvalue weighted by Crippen LogP contribution is 2.52. The van der Waals surface area contributed by atoms with Gasteiger partial charge < -0.3 is 0 Å². The molecule has 0 aliphatic heterocycles. The molecule has 0 spiro atoms. The number of rotatable bonds is 6. The Kier molecular flexibility index (Phi) is 5.21. The van der Waals surface area contributed by atoms with E-state index in [2.05, 4.69) is 9.51 Å². The first-order valence-corrected chi connectivity index (χ1v) is 6.88. The highest BCUT2D eigenvalue weighted by atomic mass is 31.2. The van der Waals surface area contributed by atoms with Crippen LogP contribution in [0.4, 0.5) is 0 Å². The van der Waals surface area contributed by atoms with Gasteiger partial charge in [0, 0.05) is 11.9 Å². The van der Waals surface area contributed by atoms with Crippen LogP contribution >= 0.6 is 16.6 Å². The van der Waals surface area contributed by atoms with Crippen LogP contribution in [0.25, 0.3) is 0 Å². The van der Waals surface area contributed by atoms with Crippen LogP contribution in [0.3, 0.4) is 0 Å². The second-order valence-electron chi connectivity index (χ2n) is 3.11. The molecule has 0 fully saturated rings. The number of aromatic nitrogens is 1. The van der Waals surface area contributed by atoms with Gasteiger partial charge in [-0.25, -0.2) is 9.09 Å². The van der Waals surface area contributed by atoms with Gasteiger partial charge in [0.05, 0.1) is 6.42 Å². The van der Waals surface area contributed by atoms with Crippen molar-refractivity contribution in [1.82, 2.24) is 4.98 Å². The van der Waals surface area contributed by atoms with Crippen LogP contribution in [0.15, 0.2) is 24.4 Å². The maximum atomic E-state index is 11.6. The van der Waals surface area contributed by atoms with Crippen LogP contribution in [0.2, 0.25) is 0 Å². The van der Waals surface area contributed by atoms with E-state index in [1.807, 2.05) is 0 Å². The quantitative estimate of drug-likeness (QED) is 0.648. The number of hydrogen-bond acceptors (Lipinski definition) is 7. The molecule has 1 atom stereocenters. The van der Waals surface area contributed by atoms with E-state index < -0.39 is 28.3 Å². The number of pyridine rings is 1. The highest BCUT2D eigenvalue weighted by molar-refractivity contribution is 7.60. The minimum Gasteiger partial charge on any atom is -0.292 e. The summed E-state index contributed by atoms with van der Waals surface area (Å²) in [5.74, 6) is -2.73. The van der Waals surface area contributed by atoms with Crippen molar-refractivity contribution in [2.75, 3.05) is 0 Å². The number of Topliss-reactive ketones (excluding diaryl/α,β-unsaturated/α-hetero) is 1. The molecule has 9 heteroatoms. The van der Waals surface area contributed by atoms with E-state index in [0.29, 0.717) is 5.69 Å². The van der Waals surface area contributed by atoms with Gasteiger partial charge in [0.1, 0.15) is 0 Å². The molecule has 1 unspecified atom stereocenters. The summed E-state index contributed by atoms with van der Waals surface area (Å²) in [4.78, 5) is 42.4. The Morgan fingerprint density at radius 2 is 2.18 bits per heavy atom. The molecule has 3 N–H and O–H groups in total. The standard InChI is InChI=1S/C8H10NO6P2/c10-7(5-6-3-1-2-4-9-6)8(15-16-11)17(12,13)14/h1-4,8,12-14H,5H2/q+1. The summed E-state index contributed by atoms with van der Waals surface area (Å²) in [6, 6.07) is 4.85. The topological polar surface area (TPSA) is 117 Å². The Hall–Kier alpha value is -0.810. The molecule has 1 rings (SSSR count). The lowest BCUT2D eigenvalue weighted by Crippen LogP contribution is -2.26. The lowest BCUT2D eigenvalue weighted by molar-refractivity contribution is -0.122. The second-order valence-corrected chi connectivity index (χ2v) is 5.17. The van der Waals surface area contributed by atoms with E-state index >= 15 is 0 Å². The molecule has 0 saturated heterocycles. The van der Waals surface area contributed by atoms with Crippen molar-refractivity contribution in [3.8, 4) is 0 Å². The molecule has 1 aromatic rings. The zero-order valence-corrected chi connectivity index (χ0v) is 10.3. The van der Waals surface area contributed by atoms with Gasteiger partial charge in [-0.1, -0.05) is 6.07 Å². The van der Waals surface area contributed by atoms with Crippen molar-refractivity contribution < 1.29 is 28.6 Å². The second kappa shape index (κ2) is 6.21. The number of carbonyl (C=O) groups excluding carboxylic acids is 1. The molecular formula is C8H10NO6P2+. The van der Waals surface area contributed by atoms with Crippen LogP contribution < -0.4 is 0 Å². The minimum absolute atomic E-state index is 0.259. The number of nitrogens with zero attached hydrogens (tertiary/aromatic N) is 1. The van der Waals surface area contributed by atoms with Gasteiger partial charge in [-0.15, -0.1) is 0 Å². The normalized spacial score (nSPS) is 13.6. The summed E-state index contributed by atoms with van der Waals surface area (Å²) in [7, 11) is -5.47. The summed E-state index contributed by atoms with van der Waals surface area (Å²) in [6.07, 6.45) is 1.20. The molecule has 0 aliphatic carbocycles. The molecule has 7 nitrogen and oxygen atoms in total. The first-order chi connectivity index (χ1) is 7.95. The Morgan fingerprint density at radius 1 is 1.47 bits per heavy atom. The molecule has 0 amide bonds. The number of carbonyl (C=O) groups is 1. The summed E-state index contributed by atoms with van der Waals surface area (Å²) < 4.78 is 14.5. The van der Waals surface area contributed by atoms with Crippen molar-refractivity contribution >= 4 is 22.4 Å². The first kappa shape index (κ1) is 14.3. The van der Waals surface area contributed by atoms with Crippen molar-refractivity contribution in [3.63, 3.8) is 0 Å². The molecule has 0 aromatic carbocycles. The summed E-state index contributed by atoms with van der Waals surface area (Å²) in [5, 5.41) is 0. The summed E-state index contributed by atoms with van der Waals surface area (Å²) in [6.45, 7) is 0. The van der Waals surface area contributed by atoms with Gasteiger partial charge in [0.25, 0.3) is 0 Å². The highest BCUT2D eigenvalue weighted by Gasteiger charge is 2.49. The first-order valence-electron chi connectivity index (χ1n) is 4.43. The number of ketones is 1. The van der Waals surface area contributed by atoms with E-state index in [1.165, 1.54) is 6.20 Å². The Balaban J connectivity index is 2.76. The molecule has 0 aliphatic rings. The van der Waals surface area contributed by atoms with Crippen LogP contribution in [-0.2, 0) is 20.3 Å². The van der Waals surface area contributed by atoms with Crippen molar-refractivity contribution in [2.45, 2.75) is 12.3 Å². The molecule has 0 bridgehead atoms. The van der Waals surface area contributed by atoms with Crippen LogP contribution in [0.1, 0.15) is 5.69 Å². The lowest BCUT2D eigenvalue weighted by atomic mass is 10.2. The third-order valence-electron chi connectivity index (χ3n) is 1.81. The largest absolute Gasteiger partial charge is 0.443 e. The zero-order chi connectivity index (χ0) is 12.9. The Bertz CT molecular complexity index is 393. The molecule has 0 saturated carbocycles. The Labute approximate surface area is 99.0 Å². The Morgan fingerprint density at radius 3 is 2.65 bits per heavy atom. The fraction of sp³-hybridized carbons (Fsp3) is 0.250.